The first kappa shape index (κ1) is 18.1. The fraction of sp³-hybridized carbons (Fsp3) is 0.800. The maximum absolute atomic E-state index is 12.4. The van der Waals surface area contributed by atoms with Crippen LogP contribution in [0.25, 0.3) is 0 Å². The van der Waals surface area contributed by atoms with E-state index in [-0.39, 0.29) is 35.5 Å². The molecule has 0 bridgehead atoms. The van der Waals surface area contributed by atoms with Crippen LogP contribution < -0.4 is 5.69 Å². The van der Waals surface area contributed by atoms with Crippen molar-refractivity contribution in [2.75, 3.05) is 12.4 Å². The minimum absolute atomic E-state index is 0.0547. The summed E-state index contributed by atoms with van der Waals surface area (Å²) in [7, 11) is 0. The molecule has 1 aromatic rings. The summed E-state index contributed by atoms with van der Waals surface area (Å²) in [6, 6.07) is 0.299. The Morgan fingerprint density at radius 3 is 2.70 bits per heavy atom. The molecular weight excluding hydrogens is 316 g/mol. The van der Waals surface area contributed by atoms with Crippen LogP contribution in [-0.4, -0.2) is 56.1 Å². The van der Waals surface area contributed by atoms with Gasteiger partial charge in [-0.3, -0.25) is 9.36 Å². The van der Waals surface area contributed by atoms with Crippen LogP contribution in [0.15, 0.2) is 9.95 Å². The number of thioether (sulfide) groups is 1. The summed E-state index contributed by atoms with van der Waals surface area (Å²) in [6.07, 6.45) is 2.04. The van der Waals surface area contributed by atoms with Crippen LogP contribution in [0.2, 0.25) is 0 Å². The SMILES string of the molecule is CC(C)N(C(=O)CSc1n[nH]c(=O)n1CC1CCCO1)C(C)C. The first-order valence-electron chi connectivity index (χ1n) is 8.11. The lowest BCUT2D eigenvalue weighted by atomic mass is 10.2. The Morgan fingerprint density at radius 1 is 1.43 bits per heavy atom. The number of hydrogen-bond acceptors (Lipinski definition) is 5. The maximum Gasteiger partial charge on any atom is 0.344 e. The van der Waals surface area contributed by atoms with Gasteiger partial charge in [-0.2, -0.15) is 0 Å². The molecule has 1 saturated heterocycles. The van der Waals surface area contributed by atoms with Gasteiger partial charge in [-0.15, -0.1) is 5.10 Å². The Labute approximate surface area is 140 Å². The molecule has 130 valence electrons. The highest BCUT2D eigenvalue weighted by molar-refractivity contribution is 7.99. The van der Waals surface area contributed by atoms with Crippen molar-refractivity contribution in [2.45, 2.75) is 70.4 Å². The first-order valence-corrected chi connectivity index (χ1v) is 9.09. The molecule has 1 unspecified atom stereocenters. The predicted octanol–water partition coefficient (Wildman–Crippen LogP) is 1.49. The molecule has 2 rings (SSSR count). The van der Waals surface area contributed by atoms with Crippen LogP contribution in [-0.2, 0) is 16.1 Å². The van der Waals surface area contributed by atoms with Crippen molar-refractivity contribution in [1.82, 2.24) is 19.7 Å². The minimum atomic E-state index is -0.250. The van der Waals surface area contributed by atoms with Crippen LogP contribution in [0.3, 0.4) is 0 Å². The molecule has 1 aromatic heterocycles. The summed E-state index contributed by atoms with van der Waals surface area (Å²) in [4.78, 5) is 26.2. The summed E-state index contributed by atoms with van der Waals surface area (Å²) in [6.45, 7) is 9.25. The van der Waals surface area contributed by atoms with E-state index in [1.54, 1.807) is 4.57 Å². The average Bonchev–Trinajstić information content (AvgIpc) is 3.08. The topological polar surface area (TPSA) is 80.2 Å². The van der Waals surface area contributed by atoms with Crippen LogP contribution in [0, 0.1) is 0 Å². The van der Waals surface area contributed by atoms with Crippen molar-refractivity contribution in [3.8, 4) is 0 Å². The van der Waals surface area contributed by atoms with Gasteiger partial charge >= 0.3 is 5.69 Å². The molecule has 0 radical (unpaired) electrons. The van der Waals surface area contributed by atoms with Gasteiger partial charge in [-0.25, -0.2) is 9.89 Å². The van der Waals surface area contributed by atoms with E-state index < -0.39 is 0 Å². The Morgan fingerprint density at radius 2 is 2.13 bits per heavy atom. The fourth-order valence-corrected chi connectivity index (χ4v) is 3.76. The van der Waals surface area contributed by atoms with Gasteiger partial charge in [0.1, 0.15) is 0 Å². The van der Waals surface area contributed by atoms with E-state index in [0.29, 0.717) is 11.7 Å². The molecule has 7 nitrogen and oxygen atoms in total. The van der Waals surface area contributed by atoms with Gasteiger partial charge in [0.25, 0.3) is 0 Å². The molecule has 23 heavy (non-hydrogen) atoms. The van der Waals surface area contributed by atoms with E-state index in [2.05, 4.69) is 10.2 Å². The van der Waals surface area contributed by atoms with Crippen molar-refractivity contribution in [3.05, 3.63) is 10.5 Å². The van der Waals surface area contributed by atoms with Crippen molar-refractivity contribution in [2.24, 2.45) is 0 Å². The van der Waals surface area contributed by atoms with Gasteiger partial charge in [0.2, 0.25) is 5.91 Å². The Kier molecular flexibility index (Phi) is 6.29. The van der Waals surface area contributed by atoms with Crippen LogP contribution in [0.1, 0.15) is 40.5 Å². The van der Waals surface area contributed by atoms with E-state index in [4.69, 9.17) is 4.74 Å². The van der Waals surface area contributed by atoms with Gasteiger partial charge in [0, 0.05) is 18.7 Å². The minimum Gasteiger partial charge on any atom is -0.376 e. The highest BCUT2D eigenvalue weighted by Crippen LogP contribution is 2.19. The molecule has 1 N–H and O–H groups in total. The molecule has 1 atom stereocenters. The molecule has 0 spiro atoms. The maximum atomic E-state index is 12.4. The van der Waals surface area contributed by atoms with Gasteiger partial charge in [-0.05, 0) is 40.5 Å². The first-order chi connectivity index (χ1) is 10.9. The van der Waals surface area contributed by atoms with E-state index in [1.165, 1.54) is 11.8 Å². The number of H-pyrrole nitrogens is 1. The lowest BCUT2D eigenvalue weighted by Gasteiger charge is -2.30. The van der Waals surface area contributed by atoms with E-state index in [0.717, 1.165) is 19.4 Å². The number of hydrogen-bond donors (Lipinski definition) is 1. The quantitative estimate of drug-likeness (QED) is 0.759. The standard InChI is InChI=1S/C15H26N4O3S/c1-10(2)19(11(3)4)13(20)9-23-15-17-16-14(21)18(15)8-12-6-5-7-22-12/h10-12H,5-9H2,1-4H3,(H,16,21). The molecule has 0 aromatic carbocycles. The van der Waals surface area contributed by atoms with Crippen molar-refractivity contribution >= 4 is 17.7 Å². The molecule has 8 heteroatoms. The van der Waals surface area contributed by atoms with Gasteiger partial charge < -0.3 is 9.64 Å². The highest BCUT2D eigenvalue weighted by atomic mass is 32.2. The normalized spacial score (nSPS) is 18.1. The zero-order chi connectivity index (χ0) is 17.0. The largest absolute Gasteiger partial charge is 0.376 e. The summed E-state index contributed by atoms with van der Waals surface area (Å²) >= 11 is 1.30. The van der Waals surface area contributed by atoms with Gasteiger partial charge in [0.05, 0.1) is 18.4 Å². The summed E-state index contributed by atoms with van der Waals surface area (Å²) < 4.78 is 7.15. The second-order valence-electron chi connectivity index (χ2n) is 6.33. The molecule has 1 amide bonds. The van der Waals surface area contributed by atoms with Crippen molar-refractivity contribution < 1.29 is 9.53 Å². The molecule has 1 fully saturated rings. The van der Waals surface area contributed by atoms with Gasteiger partial charge in [0.15, 0.2) is 5.16 Å². The predicted molar refractivity (Wildman–Crippen MR) is 89.7 cm³/mol. The smallest absolute Gasteiger partial charge is 0.344 e. The number of carbonyl (C=O) groups is 1. The second-order valence-corrected chi connectivity index (χ2v) is 7.28. The lowest BCUT2D eigenvalue weighted by molar-refractivity contribution is -0.131. The van der Waals surface area contributed by atoms with Crippen LogP contribution in [0.4, 0.5) is 0 Å². The van der Waals surface area contributed by atoms with E-state index in [9.17, 15) is 9.59 Å². The lowest BCUT2D eigenvalue weighted by Crippen LogP contribution is -2.43. The van der Waals surface area contributed by atoms with Crippen LogP contribution in [0.5, 0.6) is 0 Å². The van der Waals surface area contributed by atoms with Crippen molar-refractivity contribution in [3.63, 3.8) is 0 Å². The fourth-order valence-electron chi connectivity index (χ4n) is 2.94. The third-order valence-electron chi connectivity index (χ3n) is 3.86. The third-order valence-corrected chi connectivity index (χ3v) is 4.82. The van der Waals surface area contributed by atoms with E-state index >= 15 is 0 Å². The third kappa shape index (κ3) is 4.60. The summed E-state index contributed by atoms with van der Waals surface area (Å²) in [5.41, 5.74) is -0.250. The number of aromatic amines is 1. The highest BCUT2D eigenvalue weighted by Gasteiger charge is 2.23. The Hall–Kier alpha value is -1.28. The Balaban J connectivity index is 2.00. The average molecular weight is 342 g/mol. The zero-order valence-corrected chi connectivity index (χ0v) is 15.1. The number of amides is 1. The number of aromatic nitrogens is 3. The monoisotopic (exact) mass is 342 g/mol. The molecule has 0 saturated carbocycles. The number of nitrogens with one attached hydrogen (secondary N) is 1. The molecular formula is C15H26N4O3S. The van der Waals surface area contributed by atoms with Crippen LogP contribution >= 0.6 is 11.8 Å². The molecule has 1 aliphatic heterocycles. The number of nitrogens with zero attached hydrogens (tertiary/aromatic N) is 3. The number of rotatable bonds is 7. The van der Waals surface area contributed by atoms with Crippen molar-refractivity contribution in [1.29, 1.82) is 0 Å². The number of carbonyl (C=O) groups excluding carboxylic acids is 1. The molecule has 1 aliphatic rings. The molecule has 2 heterocycles. The Bertz CT molecular complexity index is 568. The molecule has 0 aliphatic carbocycles. The summed E-state index contributed by atoms with van der Waals surface area (Å²) in [5, 5.41) is 7.05. The number of ether oxygens (including phenoxy) is 1. The van der Waals surface area contributed by atoms with E-state index in [1.807, 2.05) is 32.6 Å². The zero-order valence-electron chi connectivity index (χ0n) is 14.2. The summed E-state index contributed by atoms with van der Waals surface area (Å²) in [5.74, 6) is 0.325. The van der Waals surface area contributed by atoms with Gasteiger partial charge in [-0.1, -0.05) is 11.8 Å². The second kappa shape index (κ2) is 8.01.